The Morgan fingerprint density at radius 2 is 1.77 bits per heavy atom. The summed E-state index contributed by atoms with van der Waals surface area (Å²) in [4.78, 5) is 14.5. The van der Waals surface area contributed by atoms with Gasteiger partial charge in [-0.1, -0.05) is 0 Å². The maximum Gasteiger partial charge on any atom is 0.420 e. The van der Waals surface area contributed by atoms with Crippen LogP contribution in [0.4, 0.5) is 0 Å². The van der Waals surface area contributed by atoms with E-state index in [1.54, 1.807) is 6.92 Å². The van der Waals surface area contributed by atoms with E-state index < -0.39 is 17.8 Å². The Bertz CT molecular complexity index is 570. The van der Waals surface area contributed by atoms with Crippen LogP contribution in [0.1, 0.15) is 18.6 Å². The third-order valence-electron chi connectivity index (χ3n) is 2.85. The van der Waals surface area contributed by atoms with Crippen LogP contribution in [0.3, 0.4) is 0 Å². The van der Waals surface area contributed by atoms with Crippen molar-refractivity contribution in [2.45, 2.75) is 13.0 Å². The predicted octanol–water partition coefficient (Wildman–Crippen LogP) is 0.980. The van der Waals surface area contributed by atoms with Gasteiger partial charge in [-0.15, -0.1) is 0 Å². The van der Waals surface area contributed by atoms with Crippen molar-refractivity contribution in [1.82, 2.24) is 0 Å². The molecular formula is C14H18N2O6. The maximum absolute atomic E-state index is 11.7. The van der Waals surface area contributed by atoms with E-state index in [9.17, 15) is 9.90 Å². The lowest BCUT2D eigenvalue weighted by atomic mass is 10.0. The van der Waals surface area contributed by atoms with Crippen LogP contribution in [0.2, 0.25) is 0 Å². The van der Waals surface area contributed by atoms with Gasteiger partial charge in [0.15, 0.2) is 17.6 Å². The molecule has 1 unspecified atom stereocenters. The molecule has 0 spiro atoms. The summed E-state index contributed by atoms with van der Waals surface area (Å²) in [6, 6.07) is 2.88. The smallest absolute Gasteiger partial charge is 0.420 e. The minimum absolute atomic E-state index is 0.0832. The molecule has 1 atom stereocenters. The molecule has 0 fully saturated rings. The van der Waals surface area contributed by atoms with Gasteiger partial charge in [-0.2, -0.15) is 4.79 Å². The highest BCUT2D eigenvalue weighted by Gasteiger charge is 2.33. The van der Waals surface area contributed by atoms with E-state index in [0.717, 1.165) is 0 Å². The molecule has 0 radical (unpaired) electrons. The first-order valence-electron chi connectivity index (χ1n) is 6.41. The Kier molecular flexibility index (Phi) is 6.37. The summed E-state index contributed by atoms with van der Waals surface area (Å²) in [6.45, 7) is 1.68. The fraction of sp³-hybridized carbons (Fsp3) is 0.429. The number of hydrogen-bond acceptors (Lipinski definition) is 6. The van der Waals surface area contributed by atoms with Crippen molar-refractivity contribution in [1.29, 1.82) is 0 Å². The van der Waals surface area contributed by atoms with Gasteiger partial charge in [-0.3, -0.25) is 0 Å². The van der Waals surface area contributed by atoms with Crippen LogP contribution >= 0.6 is 0 Å². The zero-order valence-electron chi connectivity index (χ0n) is 12.8. The highest BCUT2D eigenvalue weighted by Crippen LogP contribution is 2.39. The number of esters is 1. The summed E-state index contributed by atoms with van der Waals surface area (Å²) in [7, 11) is 4.27. The summed E-state index contributed by atoms with van der Waals surface area (Å²) >= 11 is 0. The third kappa shape index (κ3) is 3.55. The first kappa shape index (κ1) is 17.5. The second-order valence-corrected chi connectivity index (χ2v) is 4.07. The van der Waals surface area contributed by atoms with E-state index in [-0.39, 0.29) is 23.7 Å². The number of carbonyl (C=O) groups is 1. The zero-order valence-corrected chi connectivity index (χ0v) is 12.8. The number of aliphatic hydroxyl groups is 1. The van der Waals surface area contributed by atoms with Gasteiger partial charge < -0.3 is 29.6 Å². The van der Waals surface area contributed by atoms with E-state index in [4.69, 9.17) is 24.5 Å². The highest BCUT2D eigenvalue weighted by atomic mass is 16.5. The fourth-order valence-corrected chi connectivity index (χ4v) is 1.83. The molecule has 0 aliphatic rings. The van der Waals surface area contributed by atoms with Gasteiger partial charge in [0, 0.05) is 5.56 Å². The fourth-order valence-electron chi connectivity index (χ4n) is 1.83. The number of rotatable bonds is 7. The molecule has 8 heteroatoms. The van der Waals surface area contributed by atoms with Crippen LogP contribution in [0.15, 0.2) is 12.1 Å². The van der Waals surface area contributed by atoms with Gasteiger partial charge in [0.05, 0.1) is 27.9 Å². The largest absolute Gasteiger partial charge is 0.493 e. The summed E-state index contributed by atoms with van der Waals surface area (Å²) in [6.07, 6.45) is -1.52. The monoisotopic (exact) mass is 310 g/mol. The Labute approximate surface area is 127 Å². The molecule has 0 heterocycles. The SMILES string of the molecule is CCOC(=O)C(=[N+]=[N-])C(O)c1cc(OC)c(OC)c(OC)c1. The molecule has 0 aliphatic heterocycles. The van der Waals surface area contributed by atoms with Gasteiger partial charge >= 0.3 is 11.7 Å². The van der Waals surface area contributed by atoms with Crippen molar-refractivity contribution in [2.75, 3.05) is 27.9 Å². The van der Waals surface area contributed by atoms with Crippen molar-refractivity contribution < 1.29 is 33.6 Å². The number of methoxy groups -OCH3 is 3. The molecule has 1 aromatic rings. The van der Waals surface area contributed by atoms with Crippen molar-refractivity contribution >= 4 is 11.7 Å². The Hall–Kier alpha value is -2.57. The van der Waals surface area contributed by atoms with Crippen molar-refractivity contribution in [3.8, 4) is 17.2 Å². The standard InChI is InChI=1S/C14H18N2O6/c1-5-22-14(18)11(16-15)12(17)8-6-9(19-2)13(21-4)10(7-8)20-3/h6-7,12,17H,5H2,1-4H3. The number of carbonyl (C=O) groups excluding carboxylic acids is 1. The summed E-state index contributed by atoms with van der Waals surface area (Å²) in [5.74, 6) is -0.0140. The lowest BCUT2D eigenvalue weighted by Gasteiger charge is -2.15. The lowest BCUT2D eigenvalue weighted by molar-refractivity contribution is -0.141. The van der Waals surface area contributed by atoms with Crippen molar-refractivity contribution in [3.05, 3.63) is 23.2 Å². The van der Waals surface area contributed by atoms with Gasteiger partial charge in [0.1, 0.15) is 0 Å². The molecule has 0 aliphatic carbocycles. The topological polar surface area (TPSA) is 111 Å². The molecule has 0 aromatic heterocycles. The maximum atomic E-state index is 11.7. The van der Waals surface area contributed by atoms with Crippen LogP contribution < -0.4 is 14.2 Å². The number of ether oxygens (including phenoxy) is 4. The third-order valence-corrected chi connectivity index (χ3v) is 2.85. The van der Waals surface area contributed by atoms with Crippen LogP contribution in [0.25, 0.3) is 5.53 Å². The molecule has 0 bridgehead atoms. The van der Waals surface area contributed by atoms with Gasteiger partial charge in [-0.05, 0) is 19.1 Å². The quantitative estimate of drug-likeness (QED) is 0.348. The number of nitrogens with zero attached hydrogens (tertiary/aromatic N) is 2. The van der Waals surface area contributed by atoms with Crippen LogP contribution in [-0.4, -0.2) is 49.5 Å². The van der Waals surface area contributed by atoms with Crippen LogP contribution in [-0.2, 0) is 9.53 Å². The van der Waals surface area contributed by atoms with Crippen LogP contribution in [0.5, 0.6) is 17.2 Å². The van der Waals surface area contributed by atoms with Crippen molar-refractivity contribution in [2.24, 2.45) is 0 Å². The Morgan fingerprint density at radius 3 is 2.14 bits per heavy atom. The molecule has 0 saturated heterocycles. The second-order valence-electron chi connectivity index (χ2n) is 4.07. The molecule has 0 saturated carbocycles. The van der Waals surface area contributed by atoms with Crippen LogP contribution in [0, 0.1) is 0 Å². The van der Waals surface area contributed by atoms with Gasteiger partial charge in [0.2, 0.25) is 5.75 Å². The molecule has 22 heavy (non-hydrogen) atoms. The average Bonchev–Trinajstić information content (AvgIpc) is 2.54. The van der Waals surface area contributed by atoms with E-state index in [0.29, 0.717) is 5.75 Å². The Morgan fingerprint density at radius 1 is 1.23 bits per heavy atom. The van der Waals surface area contributed by atoms with E-state index in [1.807, 2.05) is 0 Å². The number of benzene rings is 1. The molecule has 1 N–H and O–H groups in total. The summed E-state index contributed by atoms with van der Waals surface area (Å²) < 4.78 is 20.2. The molecule has 8 nitrogen and oxygen atoms in total. The van der Waals surface area contributed by atoms with E-state index >= 15 is 0 Å². The lowest BCUT2D eigenvalue weighted by Crippen LogP contribution is -2.25. The second kappa shape index (κ2) is 8.02. The molecular weight excluding hydrogens is 292 g/mol. The van der Waals surface area contributed by atoms with E-state index in [1.165, 1.54) is 33.5 Å². The number of aliphatic hydroxyl groups excluding tert-OH is 1. The van der Waals surface area contributed by atoms with Gasteiger partial charge in [-0.25, -0.2) is 4.79 Å². The summed E-state index contributed by atoms with van der Waals surface area (Å²) in [5.41, 5.74) is 8.62. The van der Waals surface area contributed by atoms with Crippen molar-refractivity contribution in [3.63, 3.8) is 0 Å². The minimum atomic E-state index is -1.52. The molecule has 120 valence electrons. The first-order chi connectivity index (χ1) is 10.5. The predicted molar refractivity (Wildman–Crippen MR) is 76.3 cm³/mol. The molecule has 1 aromatic carbocycles. The zero-order chi connectivity index (χ0) is 16.7. The number of hydrogen-bond donors (Lipinski definition) is 1. The average molecular weight is 310 g/mol. The normalized spacial score (nSPS) is 11.1. The van der Waals surface area contributed by atoms with Gasteiger partial charge in [0.25, 0.3) is 0 Å². The molecule has 1 rings (SSSR count). The Balaban J connectivity index is 3.31. The molecule has 0 amide bonds. The first-order valence-corrected chi connectivity index (χ1v) is 6.41. The van der Waals surface area contributed by atoms with E-state index in [2.05, 4.69) is 4.79 Å². The highest BCUT2D eigenvalue weighted by molar-refractivity contribution is 6.35. The summed E-state index contributed by atoms with van der Waals surface area (Å²) in [5, 5.41) is 10.2. The minimum Gasteiger partial charge on any atom is -0.493 e.